The second-order valence-corrected chi connectivity index (χ2v) is 2.32. The summed E-state index contributed by atoms with van der Waals surface area (Å²) in [5.74, 6) is 1.53. The van der Waals surface area contributed by atoms with Crippen LogP contribution in [0.4, 0.5) is 5.82 Å². The first-order chi connectivity index (χ1) is 5.27. The lowest BCUT2D eigenvalue weighted by Crippen LogP contribution is -2.00. The Morgan fingerprint density at radius 1 is 1.64 bits per heavy atom. The maximum Gasteiger partial charge on any atom is 0.137 e. The highest BCUT2D eigenvalue weighted by atomic mass is 32.1. The van der Waals surface area contributed by atoms with E-state index in [1.807, 2.05) is 14.0 Å². The fourth-order valence-corrected chi connectivity index (χ4v) is 0.938. The van der Waals surface area contributed by atoms with Crippen molar-refractivity contribution in [3.05, 3.63) is 17.6 Å². The quantitative estimate of drug-likeness (QED) is 0.671. The van der Waals surface area contributed by atoms with Crippen LogP contribution >= 0.6 is 12.2 Å². The molecule has 0 aliphatic rings. The largest absolute Gasteiger partial charge is 0.373 e. The van der Waals surface area contributed by atoms with E-state index < -0.39 is 0 Å². The van der Waals surface area contributed by atoms with Crippen LogP contribution in [0.1, 0.15) is 11.4 Å². The molecule has 3 nitrogen and oxygen atoms in total. The molecule has 0 aliphatic heterocycles. The Hall–Kier alpha value is -1.03. The molecular formula is C7H9N3S. The van der Waals surface area contributed by atoms with Gasteiger partial charge in [-0.2, -0.15) is 0 Å². The fraction of sp³-hybridized carbons (Fsp3) is 0.286. The summed E-state index contributed by atoms with van der Waals surface area (Å²) in [4.78, 5) is 8.15. The van der Waals surface area contributed by atoms with Gasteiger partial charge < -0.3 is 5.32 Å². The molecule has 1 heterocycles. The second-order valence-electron chi connectivity index (χ2n) is 2.09. The molecule has 4 heteroatoms. The fourth-order valence-electron chi connectivity index (χ4n) is 0.766. The zero-order chi connectivity index (χ0) is 8.27. The van der Waals surface area contributed by atoms with Gasteiger partial charge in [-0.15, -0.1) is 0 Å². The number of thiocarbonyl (C=S) groups is 1. The van der Waals surface area contributed by atoms with Crippen LogP contribution < -0.4 is 5.32 Å². The topological polar surface area (TPSA) is 37.8 Å². The molecule has 1 N–H and O–H groups in total. The molecule has 0 spiro atoms. The Bertz CT molecular complexity index is 272. The summed E-state index contributed by atoms with van der Waals surface area (Å²) in [5.41, 5.74) is 0.855. The van der Waals surface area contributed by atoms with E-state index in [-0.39, 0.29) is 0 Å². The predicted octanol–water partition coefficient (Wildman–Crippen LogP) is 1.17. The molecule has 11 heavy (non-hydrogen) atoms. The molecule has 0 atom stereocenters. The van der Waals surface area contributed by atoms with Gasteiger partial charge in [0.2, 0.25) is 0 Å². The van der Waals surface area contributed by atoms with E-state index in [1.54, 1.807) is 11.6 Å². The first kappa shape index (κ1) is 8.07. The summed E-state index contributed by atoms with van der Waals surface area (Å²) in [5, 5.41) is 4.50. The molecule has 0 saturated carbocycles. The number of hydrogen-bond acceptors (Lipinski definition) is 4. The van der Waals surface area contributed by atoms with Crippen LogP contribution in [-0.4, -0.2) is 22.4 Å². The molecule has 0 aliphatic carbocycles. The van der Waals surface area contributed by atoms with Gasteiger partial charge in [0.05, 0.1) is 0 Å². The molecule has 0 saturated heterocycles. The lowest BCUT2D eigenvalue weighted by Gasteiger charge is -2.02. The lowest BCUT2D eigenvalue weighted by molar-refractivity contribution is 1.05. The van der Waals surface area contributed by atoms with E-state index in [0.29, 0.717) is 0 Å². The van der Waals surface area contributed by atoms with Crippen LogP contribution in [0, 0.1) is 6.92 Å². The number of anilines is 1. The number of nitrogens with one attached hydrogen (secondary N) is 1. The summed E-state index contributed by atoms with van der Waals surface area (Å²) < 4.78 is 0. The first-order valence-corrected chi connectivity index (χ1v) is 3.71. The third-order valence-corrected chi connectivity index (χ3v) is 1.56. The Morgan fingerprint density at radius 3 is 2.91 bits per heavy atom. The second kappa shape index (κ2) is 3.39. The number of aromatic nitrogens is 2. The summed E-state index contributed by atoms with van der Waals surface area (Å²) in [7, 11) is 1.81. The Labute approximate surface area is 70.9 Å². The Kier molecular flexibility index (Phi) is 2.48. The van der Waals surface area contributed by atoms with Crippen molar-refractivity contribution in [2.75, 3.05) is 12.4 Å². The number of rotatable bonds is 2. The highest BCUT2D eigenvalue weighted by Gasteiger charge is 1.98. The molecule has 0 fully saturated rings. The summed E-state index contributed by atoms with van der Waals surface area (Å²) in [6.07, 6.45) is 1.71. The van der Waals surface area contributed by atoms with Crippen LogP contribution in [-0.2, 0) is 0 Å². The SMILES string of the molecule is CNc1nc(C)ncc1C=S. The number of nitrogens with zero attached hydrogens (tertiary/aromatic N) is 2. The van der Waals surface area contributed by atoms with Crippen LogP contribution in [0.15, 0.2) is 6.20 Å². The van der Waals surface area contributed by atoms with Gasteiger partial charge in [-0.1, -0.05) is 12.2 Å². The van der Waals surface area contributed by atoms with E-state index in [2.05, 4.69) is 15.3 Å². The van der Waals surface area contributed by atoms with Crippen molar-refractivity contribution in [3.8, 4) is 0 Å². The van der Waals surface area contributed by atoms with Crippen molar-refractivity contribution in [2.45, 2.75) is 6.92 Å². The van der Waals surface area contributed by atoms with Crippen LogP contribution in [0.5, 0.6) is 0 Å². The van der Waals surface area contributed by atoms with Crippen LogP contribution in [0.3, 0.4) is 0 Å². The molecule has 0 radical (unpaired) electrons. The maximum absolute atomic E-state index is 4.77. The molecule has 0 aromatic carbocycles. The highest BCUT2D eigenvalue weighted by molar-refractivity contribution is 7.79. The van der Waals surface area contributed by atoms with Gasteiger partial charge in [0.25, 0.3) is 0 Å². The van der Waals surface area contributed by atoms with Gasteiger partial charge in [-0.3, -0.25) is 0 Å². The third-order valence-electron chi connectivity index (χ3n) is 1.30. The zero-order valence-electron chi connectivity index (χ0n) is 6.46. The van der Waals surface area contributed by atoms with Crippen LogP contribution in [0.25, 0.3) is 0 Å². The van der Waals surface area contributed by atoms with Crippen LogP contribution in [0.2, 0.25) is 0 Å². The predicted molar refractivity (Wildman–Crippen MR) is 49.1 cm³/mol. The van der Waals surface area contributed by atoms with Gasteiger partial charge in [0, 0.05) is 24.2 Å². The van der Waals surface area contributed by atoms with E-state index in [9.17, 15) is 0 Å². The first-order valence-electron chi connectivity index (χ1n) is 3.24. The monoisotopic (exact) mass is 167 g/mol. The molecule has 0 bridgehead atoms. The Morgan fingerprint density at radius 2 is 2.36 bits per heavy atom. The molecular weight excluding hydrogens is 158 g/mol. The molecule has 0 unspecified atom stereocenters. The zero-order valence-corrected chi connectivity index (χ0v) is 7.27. The summed E-state index contributed by atoms with van der Waals surface area (Å²) in [6.45, 7) is 1.84. The molecule has 1 aromatic heterocycles. The molecule has 1 rings (SSSR count). The van der Waals surface area contributed by atoms with Gasteiger partial charge in [0.15, 0.2) is 0 Å². The minimum atomic E-state index is 0.745. The highest BCUT2D eigenvalue weighted by Crippen LogP contribution is 2.07. The summed E-state index contributed by atoms with van der Waals surface area (Å²) >= 11 is 4.77. The Balaban J connectivity index is 3.16. The van der Waals surface area contributed by atoms with Crippen molar-refractivity contribution < 1.29 is 0 Å². The van der Waals surface area contributed by atoms with Gasteiger partial charge in [-0.05, 0) is 6.92 Å². The van der Waals surface area contributed by atoms with E-state index in [1.165, 1.54) is 0 Å². The number of hydrogen-bond donors (Lipinski definition) is 1. The van der Waals surface area contributed by atoms with Crippen molar-refractivity contribution in [2.24, 2.45) is 0 Å². The maximum atomic E-state index is 4.77. The van der Waals surface area contributed by atoms with Crippen molar-refractivity contribution in [1.29, 1.82) is 0 Å². The third kappa shape index (κ3) is 1.71. The lowest BCUT2D eigenvalue weighted by atomic mass is 10.3. The van der Waals surface area contributed by atoms with Gasteiger partial charge >= 0.3 is 0 Å². The van der Waals surface area contributed by atoms with Crippen molar-refractivity contribution >= 4 is 23.4 Å². The summed E-state index contributed by atoms with van der Waals surface area (Å²) in [6, 6.07) is 0. The number of aryl methyl sites for hydroxylation is 1. The smallest absolute Gasteiger partial charge is 0.137 e. The van der Waals surface area contributed by atoms with E-state index in [4.69, 9.17) is 12.2 Å². The minimum absolute atomic E-state index is 0.745. The van der Waals surface area contributed by atoms with Crippen molar-refractivity contribution in [3.63, 3.8) is 0 Å². The molecule has 0 amide bonds. The van der Waals surface area contributed by atoms with Gasteiger partial charge in [0.1, 0.15) is 11.6 Å². The molecule has 1 aromatic rings. The average Bonchev–Trinajstić information content (AvgIpc) is 2.04. The molecule has 58 valence electrons. The van der Waals surface area contributed by atoms with E-state index in [0.717, 1.165) is 17.2 Å². The average molecular weight is 167 g/mol. The van der Waals surface area contributed by atoms with Gasteiger partial charge in [-0.25, -0.2) is 9.97 Å². The van der Waals surface area contributed by atoms with E-state index >= 15 is 0 Å². The minimum Gasteiger partial charge on any atom is -0.373 e. The standard InChI is InChI=1S/C7H9N3S/c1-5-9-3-6(4-11)7(8-2)10-5/h3-4H,1-2H3,(H,8,9,10). The van der Waals surface area contributed by atoms with Crippen molar-refractivity contribution in [1.82, 2.24) is 9.97 Å². The normalized spacial score (nSPS) is 9.27.